The van der Waals surface area contributed by atoms with E-state index in [1.54, 1.807) is 6.92 Å². The van der Waals surface area contributed by atoms with Crippen LogP contribution in [0.1, 0.15) is 32.8 Å². The molecule has 0 aromatic heterocycles. The first-order chi connectivity index (χ1) is 9.31. The van der Waals surface area contributed by atoms with Gasteiger partial charge in [-0.15, -0.1) is 0 Å². The van der Waals surface area contributed by atoms with Gasteiger partial charge in [-0.05, 0) is 37.8 Å². The van der Waals surface area contributed by atoms with Gasteiger partial charge in [0.1, 0.15) is 17.7 Å². The van der Waals surface area contributed by atoms with Crippen molar-refractivity contribution in [1.29, 1.82) is 0 Å². The fourth-order valence-electron chi connectivity index (χ4n) is 1.69. The molecule has 0 radical (unpaired) electrons. The van der Waals surface area contributed by atoms with Gasteiger partial charge in [0, 0.05) is 12.6 Å². The average molecular weight is 284 g/mol. The van der Waals surface area contributed by atoms with Gasteiger partial charge in [-0.2, -0.15) is 0 Å². The van der Waals surface area contributed by atoms with E-state index in [0.29, 0.717) is 12.5 Å². The second-order valence-electron chi connectivity index (χ2n) is 5.42. The lowest BCUT2D eigenvalue weighted by Crippen LogP contribution is -2.38. The minimum absolute atomic E-state index is 0.000361. The van der Waals surface area contributed by atoms with E-state index < -0.39 is 17.7 Å². The summed E-state index contributed by atoms with van der Waals surface area (Å²) in [5.74, 6) is -0.791. The van der Waals surface area contributed by atoms with Gasteiger partial charge in [-0.3, -0.25) is 4.79 Å². The van der Waals surface area contributed by atoms with Crippen molar-refractivity contribution < 1.29 is 13.6 Å². The highest BCUT2D eigenvalue weighted by molar-refractivity contribution is 5.84. The Kier molecular flexibility index (Phi) is 5.92. The van der Waals surface area contributed by atoms with Crippen LogP contribution in [-0.4, -0.2) is 18.5 Å². The van der Waals surface area contributed by atoms with Crippen molar-refractivity contribution in [1.82, 2.24) is 5.32 Å². The van der Waals surface area contributed by atoms with E-state index >= 15 is 0 Å². The first-order valence-corrected chi connectivity index (χ1v) is 6.81. The Morgan fingerprint density at radius 3 is 2.45 bits per heavy atom. The summed E-state index contributed by atoms with van der Waals surface area (Å²) in [6.07, 6.45) is 0.881. The number of hydrogen-bond acceptors (Lipinski definition) is 2. The molecule has 0 fully saturated rings. The van der Waals surface area contributed by atoms with Crippen molar-refractivity contribution in [2.75, 3.05) is 11.9 Å². The van der Waals surface area contributed by atoms with Gasteiger partial charge in [0.25, 0.3) is 0 Å². The zero-order valence-electron chi connectivity index (χ0n) is 12.4. The smallest absolute Gasteiger partial charge is 0.242 e. The van der Waals surface area contributed by atoms with Crippen LogP contribution >= 0.6 is 0 Å². The molecule has 5 heteroatoms. The van der Waals surface area contributed by atoms with E-state index in [1.807, 2.05) is 0 Å². The molecule has 1 unspecified atom stereocenters. The Bertz CT molecular complexity index is 475. The maximum atomic E-state index is 13.7. The first kappa shape index (κ1) is 16.4. The molecular weight excluding hydrogens is 262 g/mol. The Morgan fingerprint density at radius 1 is 1.20 bits per heavy atom. The van der Waals surface area contributed by atoms with Crippen molar-refractivity contribution in [2.24, 2.45) is 5.92 Å². The van der Waals surface area contributed by atoms with Crippen LogP contribution in [0.15, 0.2) is 12.1 Å². The maximum absolute atomic E-state index is 13.7. The van der Waals surface area contributed by atoms with Gasteiger partial charge in [0.15, 0.2) is 0 Å². The van der Waals surface area contributed by atoms with Crippen LogP contribution in [0, 0.1) is 24.5 Å². The summed E-state index contributed by atoms with van der Waals surface area (Å²) in [6.45, 7) is 7.82. The lowest BCUT2D eigenvalue weighted by atomic mass is 10.1. The van der Waals surface area contributed by atoms with E-state index in [1.165, 1.54) is 6.92 Å². The number of benzene rings is 1. The highest BCUT2D eigenvalue weighted by Gasteiger charge is 2.15. The molecule has 0 heterocycles. The highest BCUT2D eigenvalue weighted by atomic mass is 19.1. The third-order valence-corrected chi connectivity index (χ3v) is 3.03. The zero-order chi connectivity index (χ0) is 15.3. The summed E-state index contributed by atoms with van der Waals surface area (Å²) in [4.78, 5) is 11.8. The van der Waals surface area contributed by atoms with Crippen molar-refractivity contribution in [3.05, 3.63) is 29.3 Å². The van der Waals surface area contributed by atoms with Crippen LogP contribution in [0.2, 0.25) is 0 Å². The average Bonchev–Trinajstić information content (AvgIpc) is 2.35. The van der Waals surface area contributed by atoms with E-state index in [0.717, 1.165) is 18.6 Å². The van der Waals surface area contributed by atoms with Crippen molar-refractivity contribution in [2.45, 2.75) is 40.2 Å². The van der Waals surface area contributed by atoms with Gasteiger partial charge in [-0.1, -0.05) is 13.8 Å². The topological polar surface area (TPSA) is 41.1 Å². The molecule has 1 amide bonds. The summed E-state index contributed by atoms with van der Waals surface area (Å²) in [5.41, 5.74) is 0.238. The molecule has 1 aromatic carbocycles. The molecule has 1 atom stereocenters. The quantitative estimate of drug-likeness (QED) is 0.842. The molecule has 112 valence electrons. The predicted molar refractivity (Wildman–Crippen MR) is 76.6 cm³/mol. The molecule has 0 bridgehead atoms. The monoisotopic (exact) mass is 284 g/mol. The molecular formula is C15H22F2N2O. The number of rotatable bonds is 6. The normalized spacial score (nSPS) is 12.3. The van der Waals surface area contributed by atoms with Crippen LogP contribution < -0.4 is 10.6 Å². The molecule has 0 saturated heterocycles. The third-order valence-electron chi connectivity index (χ3n) is 3.03. The molecule has 0 aliphatic heterocycles. The number of aryl methyl sites for hydroxylation is 1. The van der Waals surface area contributed by atoms with Gasteiger partial charge in [-0.25, -0.2) is 8.78 Å². The summed E-state index contributed by atoms with van der Waals surface area (Å²) < 4.78 is 27.0. The molecule has 1 rings (SSSR count). The molecule has 2 N–H and O–H groups in total. The minimum Gasteiger partial charge on any atom is -0.371 e. The molecule has 0 aliphatic rings. The number of carbonyl (C=O) groups excluding carboxylic acids is 1. The number of amides is 1. The second kappa shape index (κ2) is 7.22. The molecule has 0 spiro atoms. The lowest BCUT2D eigenvalue weighted by Gasteiger charge is -2.16. The third kappa shape index (κ3) is 4.79. The van der Waals surface area contributed by atoms with Gasteiger partial charge in [0.2, 0.25) is 5.91 Å². The van der Waals surface area contributed by atoms with E-state index in [-0.39, 0.29) is 17.2 Å². The fourth-order valence-corrected chi connectivity index (χ4v) is 1.69. The summed E-state index contributed by atoms with van der Waals surface area (Å²) in [5, 5.41) is 5.45. The standard InChI is InChI=1S/C15H22F2N2O/c1-9(2)5-6-18-15(20)11(4)19-14-8-12(16)10(3)7-13(14)17/h7-9,11,19H,5-6H2,1-4H3,(H,18,20). The van der Waals surface area contributed by atoms with E-state index in [2.05, 4.69) is 24.5 Å². The van der Waals surface area contributed by atoms with E-state index in [4.69, 9.17) is 0 Å². The van der Waals surface area contributed by atoms with Gasteiger partial charge in [0.05, 0.1) is 5.69 Å². The maximum Gasteiger partial charge on any atom is 0.242 e. The van der Waals surface area contributed by atoms with Crippen LogP contribution in [0.25, 0.3) is 0 Å². The van der Waals surface area contributed by atoms with Gasteiger partial charge >= 0.3 is 0 Å². The second-order valence-corrected chi connectivity index (χ2v) is 5.42. The Morgan fingerprint density at radius 2 is 1.85 bits per heavy atom. The predicted octanol–water partition coefficient (Wildman–Crippen LogP) is 3.24. The first-order valence-electron chi connectivity index (χ1n) is 6.81. The number of carbonyl (C=O) groups is 1. The molecule has 1 aromatic rings. The molecule has 20 heavy (non-hydrogen) atoms. The van der Waals surface area contributed by atoms with E-state index in [9.17, 15) is 13.6 Å². The lowest BCUT2D eigenvalue weighted by molar-refractivity contribution is -0.121. The fraction of sp³-hybridized carbons (Fsp3) is 0.533. The minimum atomic E-state index is -0.626. The van der Waals surface area contributed by atoms with Crippen LogP contribution in [0.3, 0.4) is 0 Å². The van der Waals surface area contributed by atoms with Crippen molar-refractivity contribution >= 4 is 11.6 Å². The summed E-state index contributed by atoms with van der Waals surface area (Å²) in [6, 6.07) is 1.56. The largest absolute Gasteiger partial charge is 0.371 e. The van der Waals surface area contributed by atoms with Crippen LogP contribution in [0.4, 0.5) is 14.5 Å². The Balaban J connectivity index is 2.59. The number of anilines is 1. The number of halogens is 2. The molecule has 3 nitrogen and oxygen atoms in total. The van der Waals surface area contributed by atoms with Crippen LogP contribution in [-0.2, 0) is 4.79 Å². The number of nitrogens with one attached hydrogen (secondary N) is 2. The highest BCUT2D eigenvalue weighted by Crippen LogP contribution is 2.19. The van der Waals surface area contributed by atoms with Crippen molar-refractivity contribution in [3.63, 3.8) is 0 Å². The number of hydrogen-bond donors (Lipinski definition) is 2. The Hall–Kier alpha value is -1.65. The van der Waals surface area contributed by atoms with Crippen molar-refractivity contribution in [3.8, 4) is 0 Å². The van der Waals surface area contributed by atoms with Gasteiger partial charge < -0.3 is 10.6 Å². The van der Waals surface area contributed by atoms with Crippen LogP contribution in [0.5, 0.6) is 0 Å². The SMILES string of the molecule is Cc1cc(F)c(NC(C)C(=O)NCCC(C)C)cc1F. The summed E-state index contributed by atoms with van der Waals surface area (Å²) in [7, 11) is 0. The molecule has 0 saturated carbocycles. The summed E-state index contributed by atoms with van der Waals surface area (Å²) >= 11 is 0. The zero-order valence-corrected chi connectivity index (χ0v) is 12.4. The Labute approximate surface area is 118 Å². The molecule has 0 aliphatic carbocycles.